The molecule has 0 radical (unpaired) electrons. The van der Waals surface area contributed by atoms with Gasteiger partial charge < -0.3 is 10.1 Å². The number of hydrogen-bond donors (Lipinski definition) is 1. The summed E-state index contributed by atoms with van der Waals surface area (Å²) in [5.74, 6) is 0.502. The van der Waals surface area contributed by atoms with Crippen LogP contribution in [0.3, 0.4) is 0 Å². The molecule has 0 unspecified atom stereocenters. The predicted octanol–water partition coefficient (Wildman–Crippen LogP) is 3.90. The Morgan fingerprint density at radius 2 is 1.96 bits per heavy atom. The average molecular weight is 342 g/mol. The third-order valence-corrected chi connectivity index (χ3v) is 3.80. The Labute approximate surface area is 144 Å². The number of carbonyl (C=O) groups is 1. The minimum absolute atomic E-state index is 0.201. The summed E-state index contributed by atoms with van der Waals surface area (Å²) in [7, 11) is 1.77. The Hall–Kier alpha value is -2.79. The van der Waals surface area contributed by atoms with Crippen molar-refractivity contribution in [3.8, 4) is 5.75 Å². The molecule has 0 fully saturated rings. The molecule has 3 rings (SSSR count). The van der Waals surface area contributed by atoms with E-state index in [2.05, 4.69) is 10.4 Å². The molecular formula is C18H16ClN3O2. The lowest BCUT2D eigenvalue weighted by molar-refractivity contribution is 0.102. The molecule has 1 heterocycles. The third kappa shape index (κ3) is 3.94. The van der Waals surface area contributed by atoms with Gasteiger partial charge in [0.1, 0.15) is 12.4 Å². The van der Waals surface area contributed by atoms with Crippen molar-refractivity contribution in [1.29, 1.82) is 0 Å². The zero-order chi connectivity index (χ0) is 16.9. The van der Waals surface area contributed by atoms with Crippen molar-refractivity contribution in [2.24, 2.45) is 7.05 Å². The van der Waals surface area contributed by atoms with Crippen molar-refractivity contribution in [1.82, 2.24) is 9.78 Å². The summed E-state index contributed by atoms with van der Waals surface area (Å²) in [4.78, 5) is 12.1. The first kappa shape index (κ1) is 16.1. The number of aromatic nitrogens is 2. The molecule has 1 aromatic heterocycles. The average Bonchev–Trinajstić information content (AvgIpc) is 3.02. The van der Waals surface area contributed by atoms with E-state index in [1.54, 1.807) is 42.2 Å². The van der Waals surface area contributed by atoms with Crippen LogP contribution in [0.1, 0.15) is 15.9 Å². The van der Waals surface area contributed by atoms with Gasteiger partial charge in [0.15, 0.2) is 0 Å². The second kappa shape index (κ2) is 7.19. The van der Waals surface area contributed by atoms with Crippen molar-refractivity contribution in [2.75, 3.05) is 5.32 Å². The first-order valence-corrected chi connectivity index (χ1v) is 7.76. The molecule has 122 valence electrons. The number of halogens is 1. The van der Waals surface area contributed by atoms with Crippen LogP contribution in [0.25, 0.3) is 0 Å². The number of amides is 1. The van der Waals surface area contributed by atoms with E-state index in [0.29, 0.717) is 28.6 Å². The molecule has 5 nitrogen and oxygen atoms in total. The second-order valence-electron chi connectivity index (χ2n) is 5.26. The topological polar surface area (TPSA) is 56.2 Å². The molecule has 24 heavy (non-hydrogen) atoms. The molecule has 0 aliphatic rings. The highest BCUT2D eigenvalue weighted by molar-refractivity contribution is 6.31. The van der Waals surface area contributed by atoms with Gasteiger partial charge in [-0.15, -0.1) is 0 Å². The highest BCUT2D eigenvalue weighted by Crippen LogP contribution is 2.20. The summed E-state index contributed by atoms with van der Waals surface area (Å²) < 4.78 is 7.29. The van der Waals surface area contributed by atoms with E-state index in [-0.39, 0.29) is 5.91 Å². The van der Waals surface area contributed by atoms with Gasteiger partial charge in [0.05, 0.1) is 11.8 Å². The van der Waals surface area contributed by atoms with Crippen molar-refractivity contribution >= 4 is 23.2 Å². The van der Waals surface area contributed by atoms with E-state index < -0.39 is 0 Å². The van der Waals surface area contributed by atoms with E-state index in [1.807, 2.05) is 24.3 Å². The van der Waals surface area contributed by atoms with Crippen molar-refractivity contribution in [3.63, 3.8) is 0 Å². The van der Waals surface area contributed by atoms with Crippen LogP contribution in [0.15, 0.2) is 60.9 Å². The number of carbonyl (C=O) groups excluding carboxylic acids is 1. The zero-order valence-corrected chi connectivity index (χ0v) is 13.8. The molecule has 6 heteroatoms. The van der Waals surface area contributed by atoms with Gasteiger partial charge in [0.2, 0.25) is 0 Å². The summed E-state index contributed by atoms with van der Waals surface area (Å²) in [5.41, 5.74) is 2.12. The molecule has 0 atom stereocenters. The summed E-state index contributed by atoms with van der Waals surface area (Å²) in [6.07, 6.45) is 3.19. The number of aryl methyl sites for hydroxylation is 1. The van der Waals surface area contributed by atoms with E-state index in [4.69, 9.17) is 16.3 Å². The molecular weight excluding hydrogens is 326 g/mol. The van der Waals surface area contributed by atoms with Gasteiger partial charge in [-0.2, -0.15) is 5.10 Å². The summed E-state index contributed by atoms with van der Waals surface area (Å²) in [5, 5.41) is 7.47. The predicted molar refractivity (Wildman–Crippen MR) is 93.4 cm³/mol. The maximum atomic E-state index is 12.1. The molecule has 1 N–H and O–H groups in total. The van der Waals surface area contributed by atoms with E-state index in [0.717, 1.165) is 5.56 Å². The molecule has 3 aromatic rings. The van der Waals surface area contributed by atoms with Crippen LogP contribution >= 0.6 is 11.6 Å². The summed E-state index contributed by atoms with van der Waals surface area (Å²) in [6.45, 7) is 0.390. The second-order valence-corrected chi connectivity index (χ2v) is 5.67. The third-order valence-electron chi connectivity index (χ3n) is 3.43. The van der Waals surface area contributed by atoms with Crippen LogP contribution in [0.5, 0.6) is 5.75 Å². The molecule has 0 aliphatic heterocycles. The van der Waals surface area contributed by atoms with E-state index >= 15 is 0 Å². The van der Waals surface area contributed by atoms with Crippen LogP contribution in [0, 0.1) is 0 Å². The Kier molecular flexibility index (Phi) is 4.82. The Morgan fingerprint density at radius 1 is 1.21 bits per heavy atom. The Bertz CT molecular complexity index is 843. The van der Waals surface area contributed by atoms with E-state index in [1.165, 1.54) is 6.20 Å². The summed E-state index contributed by atoms with van der Waals surface area (Å²) >= 11 is 6.10. The molecule has 1 amide bonds. The largest absolute Gasteiger partial charge is 0.489 e. The minimum atomic E-state index is -0.201. The number of ether oxygens (including phenoxy) is 1. The number of nitrogens with zero attached hydrogens (tertiary/aromatic N) is 2. The SMILES string of the molecule is Cn1cc(C(=O)Nc2ccc(OCc3ccccc3Cl)cc2)cn1. The van der Waals surface area contributed by atoms with Gasteiger partial charge in [0, 0.05) is 29.5 Å². The number of hydrogen-bond acceptors (Lipinski definition) is 3. The fourth-order valence-corrected chi connectivity index (χ4v) is 2.34. The maximum absolute atomic E-state index is 12.1. The van der Waals surface area contributed by atoms with Crippen LogP contribution in [-0.4, -0.2) is 15.7 Å². The van der Waals surface area contributed by atoms with Gasteiger partial charge in [-0.3, -0.25) is 9.48 Å². The van der Waals surface area contributed by atoms with Crippen LogP contribution in [0.4, 0.5) is 5.69 Å². The van der Waals surface area contributed by atoms with E-state index in [9.17, 15) is 4.79 Å². The van der Waals surface area contributed by atoms with Gasteiger partial charge >= 0.3 is 0 Å². The number of benzene rings is 2. The maximum Gasteiger partial charge on any atom is 0.258 e. The quantitative estimate of drug-likeness (QED) is 0.765. The van der Waals surface area contributed by atoms with Crippen molar-refractivity contribution in [3.05, 3.63) is 77.1 Å². The fourth-order valence-electron chi connectivity index (χ4n) is 2.15. The lowest BCUT2D eigenvalue weighted by Gasteiger charge is -2.09. The highest BCUT2D eigenvalue weighted by atomic mass is 35.5. The molecule has 0 bridgehead atoms. The standard InChI is InChI=1S/C18H16ClN3O2/c1-22-11-14(10-20-22)18(23)21-15-6-8-16(9-7-15)24-12-13-4-2-3-5-17(13)19/h2-11H,12H2,1H3,(H,21,23). The van der Waals surface area contributed by atoms with Crippen LogP contribution in [-0.2, 0) is 13.7 Å². The fraction of sp³-hybridized carbons (Fsp3) is 0.111. The molecule has 0 aliphatic carbocycles. The monoisotopic (exact) mass is 341 g/mol. The normalized spacial score (nSPS) is 10.4. The minimum Gasteiger partial charge on any atom is -0.489 e. The lowest BCUT2D eigenvalue weighted by Crippen LogP contribution is -2.10. The van der Waals surface area contributed by atoms with Gasteiger partial charge in [-0.1, -0.05) is 29.8 Å². The Morgan fingerprint density at radius 3 is 2.62 bits per heavy atom. The van der Waals surface area contributed by atoms with Crippen molar-refractivity contribution in [2.45, 2.75) is 6.61 Å². The van der Waals surface area contributed by atoms with Crippen molar-refractivity contribution < 1.29 is 9.53 Å². The first-order valence-electron chi connectivity index (χ1n) is 7.38. The highest BCUT2D eigenvalue weighted by Gasteiger charge is 2.08. The Balaban J connectivity index is 1.59. The number of nitrogens with one attached hydrogen (secondary N) is 1. The zero-order valence-electron chi connectivity index (χ0n) is 13.1. The van der Waals surface area contributed by atoms with Gasteiger partial charge in [0.25, 0.3) is 5.91 Å². The number of rotatable bonds is 5. The molecule has 0 spiro atoms. The molecule has 0 saturated carbocycles. The number of anilines is 1. The first-order chi connectivity index (χ1) is 11.6. The smallest absolute Gasteiger partial charge is 0.258 e. The van der Waals surface area contributed by atoms with Crippen LogP contribution < -0.4 is 10.1 Å². The molecule has 0 saturated heterocycles. The molecule has 2 aromatic carbocycles. The summed E-state index contributed by atoms with van der Waals surface area (Å²) in [6, 6.07) is 14.7. The van der Waals surface area contributed by atoms with Gasteiger partial charge in [-0.25, -0.2) is 0 Å². The van der Waals surface area contributed by atoms with Gasteiger partial charge in [-0.05, 0) is 30.3 Å². The van der Waals surface area contributed by atoms with Crippen LogP contribution in [0.2, 0.25) is 5.02 Å². The lowest BCUT2D eigenvalue weighted by atomic mass is 10.2.